The lowest BCUT2D eigenvalue weighted by molar-refractivity contribution is 0.660. The van der Waals surface area contributed by atoms with Crippen molar-refractivity contribution in [2.24, 2.45) is 0 Å². The van der Waals surface area contributed by atoms with Crippen molar-refractivity contribution in [2.75, 3.05) is 4.90 Å². The van der Waals surface area contributed by atoms with Crippen LogP contribution >= 0.6 is 0 Å². The van der Waals surface area contributed by atoms with E-state index in [0.29, 0.717) is 0 Å². The molecule has 10 aromatic rings. The van der Waals surface area contributed by atoms with Gasteiger partial charge >= 0.3 is 0 Å². The fraction of sp³-hybridized carbons (Fsp3) is 0.0526. The van der Waals surface area contributed by atoms with Gasteiger partial charge in [-0.1, -0.05) is 178 Å². The molecule has 2 nitrogen and oxygen atoms in total. The molecule has 0 atom stereocenters. The zero-order valence-electron chi connectivity index (χ0n) is 33.6. The Morgan fingerprint density at radius 3 is 1.75 bits per heavy atom. The maximum Gasteiger partial charge on any atom is 0.180 e. The molecule has 60 heavy (non-hydrogen) atoms. The number of hydrogen-bond donors (Lipinski definition) is 0. The van der Waals surface area contributed by atoms with Crippen LogP contribution < -0.4 is 25.6 Å². The molecule has 1 aliphatic carbocycles. The topological polar surface area (TPSA) is 16.4 Å². The van der Waals surface area contributed by atoms with Gasteiger partial charge in [-0.3, -0.25) is 0 Å². The van der Waals surface area contributed by atoms with Crippen LogP contribution in [0.15, 0.2) is 217 Å². The maximum absolute atomic E-state index is 6.32. The maximum atomic E-state index is 6.32. The third kappa shape index (κ3) is 5.00. The first-order valence-electron chi connectivity index (χ1n) is 20.9. The van der Waals surface area contributed by atoms with E-state index in [0.717, 1.165) is 39.0 Å². The molecule has 2 aliphatic rings. The summed E-state index contributed by atoms with van der Waals surface area (Å²) in [5.41, 5.74) is 15.4. The third-order valence-corrected chi connectivity index (χ3v) is 18.2. The van der Waals surface area contributed by atoms with E-state index in [-0.39, 0.29) is 5.41 Å². The molecule has 1 aliphatic heterocycles. The summed E-state index contributed by atoms with van der Waals surface area (Å²) in [4.78, 5) is 2.43. The SMILES string of the molecule is CC1(C)c2ccccc2-c2ccc(N(c3cccc(-c4cccc([Si]5(c6ccccc6)c6ccccc6-c6ccccc65)c4)c3)c3ccc4oc5ccccc5c4c3)cc21. The van der Waals surface area contributed by atoms with Crippen LogP contribution in [0.5, 0.6) is 0 Å². The van der Waals surface area contributed by atoms with Crippen molar-refractivity contribution in [2.45, 2.75) is 19.3 Å². The molecule has 0 spiro atoms. The number of rotatable bonds is 6. The lowest BCUT2D eigenvalue weighted by Gasteiger charge is -2.31. The molecule has 12 rings (SSSR count). The van der Waals surface area contributed by atoms with E-state index < -0.39 is 8.07 Å². The number of anilines is 3. The summed E-state index contributed by atoms with van der Waals surface area (Å²) in [5, 5.41) is 7.94. The zero-order valence-corrected chi connectivity index (χ0v) is 34.6. The van der Waals surface area contributed by atoms with Crippen LogP contribution in [0.3, 0.4) is 0 Å². The second-order valence-corrected chi connectivity index (χ2v) is 20.6. The summed E-state index contributed by atoms with van der Waals surface area (Å²) in [7, 11) is -2.64. The minimum absolute atomic E-state index is 0.128. The Morgan fingerprint density at radius 1 is 0.383 bits per heavy atom. The number of furan rings is 1. The number of hydrogen-bond acceptors (Lipinski definition) is 2. The van der Waals surface area contributed by atoms with Gasteiger partial charge in [0.25, 0.3) is 0 Å². The van der Waals surface area contributed by atoms with Crippen LogP contribution in [0.1, 0.15) is 25.0 Å². The van der Waals surface area contributed by atoms with Crippen LogP contribution in [-0.4, -0.2) is 8.07 Å². The molecule has 0 unspecified atom stereocenters. The fourth-order valence-corrected chi connectivity index (χ4v) is 15.8. The number of para-hydroxylation sites is 1. The van der Waals surface area contributed by atoms with Crippen molar-refractivity contribution in [3.8, 4) is 33.4 Å². The average Bonchev–Trinajstić information content (AvgIpc) is 3.91. The summed E-state index contributed by atoms with van der Waals surface area (Å²) in [5.74, 6) is 0. The summed E-state index contributed by atoms with van der Waals surface area (Å²) in [6, 6.07) is 78.9. The lowest BCUT2D eigenvalue weighted by Crippen LogP contribution is -2.72. The fourth-order valence-electron chi connectivity index (χ4n) is 10.6. The molecule has 0 amide bonds. The zero-order chi connectivity index (χ0) is 40.0. The standard InChI is InChI=1S/C57H41NOSi/c1-57(2)51-26-10-6-22-45(51)46-32-30-42(37-52(46)57)58(41-31-33-54-50(36-41)47-23-7-11-27-53(47)59-54)40-18-14-16-38(34-40)39-17-15-21-44(35-39)60(43-19-4-3-5-20-43)55-28-12-8-24-48(55)49-25-9-13-29-56(49)60/h3-37H,1-2H3. The largest absolute Gasteiger partial charge is 0.456 e. The van der Waals surface area contributed by atoms with E-state index in [1.807, 2.05) is 6.07 Å². The number of fused-ring (bicyclic) bond motifs is 9. The molecule has 0 N–H and O–H groups in total. The first-order chi connectivity index (χ1) is 29.5. The minimum Gasteiger partial charge on any atom is -0.456 e. The van der Waals surface area contributed by atoms with Crippen molar-refractivity contribution >= 4 is 67.8 Å². The van der Waals surface area contributed by atoms with E-state index in [9.17, 15) is 0 Å². The van der Waals surface area contributed by atoms with Gasteiger partial charge in [0.05, 0.1) is 0 Å². The summed E-state index contributed by atoms with van der Waals surface area (Å²) in [6.07, 6.45) is 0. The third-order valence-electron chi connectivity index (χ3n) is 13.3. The van der Waals surface area contributed by atoms with Gasteiger partial charge in [0.15, 0.2) is 8.07 Å². The quantitative estimate of drug-likeness (QED) is 0.156. The van der Waals surface area contributed by atoms with E-state index in [1.165, 1.54) is 65.3 Å². The van der Waals surface area contributed by atoms with Gasteiger partial charge in [0, 0.05) is 33.2 Å². The minimum atomic E-state index is -2.64. The predicted octanol–water partition coefficient (Wildman–Crippen LogP) is 12.4. The van der Waals surface area contributed by atoms with Crippen LogP contribution in [0.4, 0.5) is 17.1 Å². The Hall–Kier alpha value is -7.20. The Labute approximate surface area is 351 Å². The van der Waals surface area contributed by atoms with Crippen molar-refractivity contribution in [1.29, 1.82) is 0 Å². The molecule has 284 valence electrons. The lowest BCUT2D eigenvalue weighted by atomic mass is 9.82. The average molecular weight is 784 g/mol. The van der Waals surface area contributed by atoms with Gasteiger partial charge in [0.2, 0.25) is 0 Å². The molecule has 0 bridgehead atoms. The monoisotopic (exact) mass is 783 g/mol. The molecule has 3 heteroatoms. The molecule has 0 fully saturated rings. The highest BCUT2D eigenvalue weighted by Crippen LogP contribution is 2.51. The van der Waals surface area contributed by atoms with Crippen LogP contribution in [-0.2, 0) is 5.41 Å². The van der Waals surface area contributed by atoms with Crippen LogP contribution in [0, 0.1) is 0 Å². The molecule has 1 aromatic heterocycles. The van der Waals surface area contributed by atoms with E-state index in [2.05, 4.69) is 225 Å². The van der Waals surface area contributed by atoms with Gasteiger partial charge in [-0.25, -0.2) is 0 Å². The van der Waals surface area contributed by atoms with Crippen LogP contribution in [0.2, 0.25) is 0 Å². The Bertz CT molecular complexity index is 3280. The number of nitrogens with zero attached hydrogens (tertiary/aromatic N) is 1. The van der Waals surface area contributed by atoms with Gasteiger partial charge in [0.1, 0.15) is 11.2 Å². The first kappa shape index (κ1) is 34.8. The second-order valence-electron chi connectivity index (χ2n) is 16.9. The Kier molecular flexibility index (Phi) is 7.63. The Morgan fingerprint density at radius 2 is 0.950 bits per heavy atom. The molecule has 0 saturated carbocycles. The predicted molar refractivity (Wildman–Crippen MR) is 254 cm³/mol. The second kappa shape index (κ2) is 13.2. The molecule has 0 radical (unpaired) electrons. The van der Waals surface area contributed by atoms with Gasteiger partial charge < -0.3 is 9.32 Å². The number of benzene rings is 9. The highest BCUT2D eigenvalue weighted by molar-refractivity contribution is 7.22. The van der Waals surface area contributed by atoms with E-state index in [1.54, 1.807) is 0 Å². The first-order valence-corrected chi connectivity index (χ1v) is 22.9. The molecule has 0 saturated heterocycles. The normalized spacial score (nSPS) is 14.1. The highest BCUT2D eigenvalue weighted by Gasteiger charge is 2.48. The Balaban J connectivity index is 1.04. The van der Waals surface area contributed by atoms with Gasteiger partial charge in [-0.05, 0) is 114 Å². The molecular weight excluding hydrogens is 743 g/mol. The summed E-state index contributed by atoms with van der Waals surface area (Å²) >= 11 is 0. The van der Waals surface area contributed by atoms with Gasteiger partial charge in [-0.2, -0.15) is 0 Å². The van der Waals surface area contributed by atoms with Crippen molar-refractivity contribution in [3.63, 3.8) is 0 Å². The summed E-state index contributed by atoms with van der Waals surface area (Å²) in [6.45, 7) is 4.71. The highest BCUT2D eigenvalue weighted by atomic mass is 28.3. The smallest absolute Gasteiger partial charge is 0.180 e. The molecule has 9 aromatic carbocycles. The van der Waals surface area contributed by atoms with Crippen molar-refractivity contribution < 1.29 is 4.42 Å². The van der Waals surface area contributed by atoms with Gasteiger partial charge in [-0.15, -0.1) is 0 Å². The summed E-state index contributed by atoms with van der Waals surface area (Å²) < 4.78 is 6.32. The van der Waals surface area contributed by atoms with E-state index in [4.69, 9.17) is 4.42 Å². The molecular formula is C57H41NOSi. The molecule has 2 heterocycles. The van der Waals surface area contributed by atoms with Crippen LogP contribution in [0.25, 0.3) is 55.3 Å². The van der Waals surface area contributed by atoms with Crippen molar-refractivity contribution in [1.82, 2.24) is 0 Å². The van der Waals surface area contributed by atoms with E-state index >= 15 is 0 Å². The van der Waals surface area contributed by atoms with Crippen molar-refractivity contribution in [3.05, 3.63) is 223 Å².